The molecule has 0 saturated carbocycles. The number of para-hydroxylation sites is 1. The maximum absolute atomic E-state index is 11.5. The van der Waals surface area contributed by atoms with Crippen LogP contribution in [0.3, 0.4) is 0 Å². The summed E-state index contributed by atoms with van der Waals surface area (Å²) in [6.07, 6.45) is 1.63. The molecule has 0 unspecified atom stereocenters. The van der Waals surface area contributed by atoms with E-state index in [-0.39, 0.29) is 12.1 Å². The Labute approximate surface area is 96.2 Å². The van der Waals surface area contributed by atoms with Crippen molar-refractivity contribution in [3.63, 3.8) is 0 Å². The Hall–Kier alpha value is -2.27. The number of hydrogen-bond donors (Lipinski definition) is 3. The number of hydrogen-bond acceptors (Lipinski definition) is 3. The van der Waals surface area contributed by atoms with Crippen molar-refractivity contribution in [2.24, 2.45) is 5.73 Å². The first-order chi connectivity index (χ1) is 8.31. The molecule has 5 nitrogen and oxygen atoms in total. The highest BCUT2D eigenvalue weighted by molar-refractivity contribution is 5.93. The second-order valence-electron chi connectivity index (χ2n) is 3.78. The van der Waals surface area contributed by atoms with Crippen LogP contribution >= 0.6 is 0 Å². The molecule has 0 aliphatic heterocycles. The number of aromatic amines is 2. The zero-order chi connectivity index (χ0) is 11.8. The molecule has 0 aliphatic carbocycles. The Bertz CT molecular complexity index is 721. The number of aromatic nitrogens is 2. The summed E-state index contributed by atoms with van der Waals surface area (Å²) in [4.78, 5) is 11.5. The SMILES string of the molecule is NCc1c(-c2coc3ccccc23)[nH][nH]c1=O. The molecule has 0 atom stereocenters. The van der Waals surface area contributed by atoms with Gasteiger partial charge in [-0.2, -0.15) is 0 Å². The van der Waals surface area contributed by atoms with E-state index in [2.05, 4.69) is 10.2 Å². The van der Waals surface area contributed by atoms with Gasteiger partial charge in [-0.05, 0) is 6.07 Å². The Kier molecular flexibility index (Phi) is 2.12. The minimum atomic E-state index is -0.187. The fourth-order valence-electron chi connectivity index (χ4n) is 1.98. The standard InChI is InChI=1S/C12H11N3O2/c13-5-8-11(14-15-12(8)16)9-6-17-10-4-2-1-3-7(9)10/h1-4,6H,5,13H2,(H2,14,15,16). The van der Waals surface area contributed by atoms with E-state index in [0.717, 1.165) is 16.5 Å². The van der Waals surface area contributed by atoms with Crippen LogP contribution in [0.1, 0.15) is 5.56 Å². The quantitative estimate of drug-likeness (QED) is 0.623. The lowest BCUT2D eigenvalue weighted by molar-refractivity contribution is 0.616. The summed E-state index contributed by atoms with van der Waals surface area (Å²) in [6, 6.07) is 7.65. The second kappa shape index (κ2) is 3.64. The first-order valence-electron chi connectivity index (χ1n) is 5.27. The van der Waals surface area contributed by atoms with Gasteiger partial charge < -0.3 is 10.2 Å². The van der Waals surface area contributed by atoms with Crippen molar-refractivity contribution in [3.8, 4) is 11.3 Å². The zero-order valence-corrected chi connectivity index (χ0v) is 8.99. The highest BCUT2D eigenvalue weighted by Gasteiger charge is 2.14. The summed E-state index contributed by atoms with van der Waals surface area (Å²) in [7, 11) is 0. The molecule has 17 heavy (non-hydrogen) atoms. The average Bonchev–Trinajstić information content (AvgIpc) is 2.92. The van der Waals surface area contributed by atoms with Crippen molar-refractivity contribution < 1.29 is 4.42 Å². The summed E-state index contributed by atoms with van der Waals surface area (Å²) in [5.74, 6) is 0. The molecule has 4 N–H and O–H groups in total. The molecule has 2 aromatic heterocycles. The Morgan fingerprint density at radius 1 is 1.24 bits per heavy atom. The van der Waals surface area contributed by atoms with Crippen molar-refractivity contribution in [1.29, 1.82) is 0 Å². The van der Waals surface area contributed by atoms with Crippen LogP contribution in [0.4, 0.5) is 0 Å². The molecule has 1 aromatic carbocycles. The van der Waals surface area contributed by atoms with E-state index in [1.165, 1.54) is 0 Å². The van der Waals surface area contributed by atoms with Crippen molar-refractivity contribution in [1.82, 2.24) is 10.2 Å². The highest BCUT2D eigenvalue weighted by atomic mass is 16.3. The van der Waals surface area contributed by atoms with Crippen molar-refractivity contribution in [2.75, 3.05) is 0 Å². The van der Waals surface area contributed by atoms with Gasteiger partial charge in [0, 0.05) is 17.5 Å². The van der Waals surface area contributed by atoms with Gasteiger partial charge in [0.15, 0.2) is 0 Å². The monoisotopic (exact) mass is 229 g/mol. The number of fused-ring (bicyclic) bond motifs is 1. The molecule has 86 valence electrons. The number of H-pyrrole nitrogens is 2. The van der Waals surface area contributed by atoms with Gasteiger partial charge in [-0.25, -0.2) is 0 Å². The number of benzene rings is 1. The zero-order valence-electron chi connectivity index (χ0n) is 8.99. The lowest BCUT2D eigenvalue weighted by atomic mass is 10.1. The summed E-state index contributed by atoms with van der Waals surface area (Å²) < 4.78 is 5.44. The molecule has 3 aromatic rings. The predicted molar refractivity (Wildman–Crippen MR) is 64.5 cm³/mol. The first kappa shape index (κ1) is 9.92. The molecular weight excluding hydrogens is 218 g/mol. The molecule has 3 rings (SSSR count). The summed E-state index contributed by atoms with van der Waals surface area (Å²) >= 11 is 0. The molecule has 0 bridgehead atoms. The van der Waals surface area contributed by atoms with Crippen LogP contribution < -0.4 is 11.3 Å². The lowest BCUT2D eigenvalue weighted by Crippen LogP contribution is -2.10. The number of rotatable bonds is 2. The van der Waals surface area contributed by atoms with Crippen molar-refractivity contribution in [3.05, 3.63) is 46.4 Å². The van der Waals surface area contributed by atoms with Gasteiger partial charge in [0.2, 0.25) is 0 Å². The largest absolute Gasteiger partial charge is 0.464 e. The molecular formula is C12H11N3O2. The van der Waals surface area contributed by atoms with E-state index in [9.17, 15) is 4.79 Å². The smallest absolute Gasteiger partial charge is 0.269 e. The lowest BCUT2D eigenvalue weighted by Gasteiger charge is -1.96. The third-order valence-corrected chi connectivity index (χ3v) is 2.83. The van der Waals surface area contributed by atoms with E-state index in [1.807, 2.05) is 24.3 Å². The van der Waals surface area contributed by atoms with Crippen LogP contribution in [0.25, 0.3) is 22.2 Å². The molecule has 0 spiro atoms. The molecule has 5 heteroatoms. The van der Waals surface area contributed by atoms with Crippen LogP contribution in [-0.2, 0) is 6.54 Å². The molecule has 0 fully saturated rings. The first-order valence-corrected chi connectivity index (χ1v) is 5.27. The van der Waals surface area contributed by atoms with Crippen LogP contribution in [0.15, 0.2) is 39.7 Å². The maximum Gasteiger partial charge on any atom is 0.269 e. The molecule has 0 saturated heterocycles. The highest BCUT2D eigenvalue weighted by Crippen LogP contribution is 2.29. The Morgan fingerprint density at radius 3 is 2.88 bits per heavy atom. The van der Waals surface area contributed by atoms with Crippen LogP contribution in [0.2, 0.25) is 0 Å². The van der Waals surface area contributed by atoms with Gasteiger partial charge in [-0.3, -0.25) is 15.0 Å². The predicted octanol–water partition coefficient (Wildman–Crippen LogP) is 1.57. The number of nitrogens with one attached hydrogen (secondary N) is 2. The van der Waals surface area contributed by atoms with Crippen LogP contribution in [0, 0.1) is 0 Å². The van der Waals surface area contributed by atoms with E-state index in [1.54, 1.807) is 6.26 Å². The van der Waals surface area contributed by atoms with E-state index < -0.39 is 0 Å². The summed E-state index contributed by atoms with van der Waals surface area (Å²) in [5, 5.41) is 6.34. The average molecular weight is 229 g/mol. The Morgan fingerprint density at radius 2 is 2.06 bits per heavy atom. The fraction of sp³-hybridized carbons (Fsp3) is 0.0833. The minimum absolute atomic E-state index is 0.187. The Balaban J connectivity index is 2.31. The maximum atomic E-state index is 11.5. The topological polar surface area (TPSA) is 87.8 Å². The minimum Gasteiger partial charge on any atom is -0.464 e. The second-order valence-corrected chi connectivity index (χ2v) is 3.78. The third-order valence-electron chi connectivity index (χ3n) is 2.83. The van der Waals surface area contributed by atoms with E-state index >= 15 is 0 Å². The van der Waals surface area contributed by atoms with Gasteiger partial charge in [0.1, 0.15) is 11.8 Å². The molecule has 0 aliphatic rings. The number of furan rings is 1. The fourth-order valence-corrected chi connectivity index (χ4v) is 1.98. The number of nitrogens with two attached hydrogens (primary N) is 1. The van der Waals surface area contributed by atoms with Gasteiger partial charge in [-0.15, -0.1) is 0 Å². The van der Waals surface area contributed by atoms with Crippen LogP contribution in [0.5, 0.6) is 0 Å². The van der Waals surface area contributed by atoms with Crippen LogP contribution in [-0.4, -0.2) is 10.2 Å². The van der Waals surface area contributed by atoms with Gasteiger partial charge in [0.25, 0.3) is 5.56 Å². The van der Waals surface area contributed by atoms with Gasteiger partial charge >= 0.3 is 0 Å². The van der Waals surface area contributed by atoms with Crippen molar-refractivity contribution >= 4 is 11.0 Å². The van der Waals surface area contributed by atoms with Crippen molar-refractivity contribution in [2.45, 2.75) is 6.54 Å². The molecule has 2 heterocycles. The normalized spacial score (nSPS) is 11.1. The summed E-state index contributed by atoms with van der Waals surface area (Å²) in [5.41, 5.74) is 8.25. The van der Waals surface area contributed by atoms with Gasteiger partial charge in [-0.1, -0.05) is 18.2 Å². The molecule has 0 amide bonds. The van der Waals surface area contributed by atoms with Gasteiger partial charge in [0.05, 0.1) is 11.3 Å². The third kappa shape index (κ3) is 1.40. The summed E-state index contributed by atoms with van der Waals surface area (Å²) in [6.45, 7) is 0.188. The van der Waals surface area contributed by atoms with E-state index in [4.69, 9.17) is 10.2 Å². The van der Waals surface area contributed by atoms with E-state index in [0.29, 0.717) is 11.3 Å². The molecule has 0 radical (unpaired) electrons.